The zero-order chi connectivity index (χ0) is 5.70. The topological polar surface area (TPSA) is 38.3 Å². The maximum Gasteiger partial charge on any atom is 0.411 e. The lowest BCUT2D eigenvalue weighted by Crippen LogP contribution is -2.15. The lowest BCUT2D eigenvalue weighted by molar-refractivity contribution is 0.174. The van der Waals surface area contributed by atoms with Crippen molar-refractivity contribution >= 4 is 6.09 Å². The van der Waals surface area contributed by atoms with E-state index in [-0.39, 0.29) is 0 Å². The number of carbonyl (C=O) groups is 1. The lowest BCUT2D eigenvalue weighted by Gasteiger charge is -1.91. The molecule has 0 atom stereocenters. The standard InChI is InChI=1S/C4H6NO2/c1-3-5-4(6)7-2/h1H2,2H3,(H,5,6). The summed E-state index contributed by atoms with van der Waals surface area (Å²) in [4.78, 5) is 9.98. The van der Waals surface area contributed by atoms with E-state index in [2.05, 4.69) is 22.8 Å². The van der Waals surface area contributed by atoms with E-state index in [0.717, 1.165) is 0 Å². The van der Waals surface area contributed by atoms with E-state index in [1.54, 1.807) is 0 Å². The van der Waals surface area contributed by atoms with Crippen LogP contribution in [-0.2, 0) is 4.74 Å². The van der Waals surface area contributed by atoms with Gasteiger partial charge in [0.1, 0.15) is 0 Å². The van der Waals surface area contributed by atoms with E-state index in [4.69, 9.17) is 0 Å². The SMILES string of the molecule is C=[C]NC(=O)OC. The van der Waals surface area contributed by atoms with Gasteiger partial charge in [0.15, 0.2) is 0 Å². The zero-order valence-corrected chi connectivity index (χ0v) is 4.02. The average molecular weight is 100 g/mol. The van der Waals surface area contributed by atoms with Crippen LogP contribution in [0.3, 0.4) is 0 Å². The number of hydrogen-bond acceptors (Lipinski definition) is 2. The molecule has 3 nitrogen and oxygen atoms in total. The Morgan fingerprint density at radius 1 is 2.00 bits per heavy atom. The molecule has 0 aliphatic heterocycles. The summed E-state index contributed by atoms with van der Waals surface area (Å²) in [6.07, 6.45) is 1.60. The molecule has 3 heteroatoms. The molecule has 0 unspecified atom stereocenters. The van der Waals surface area contributed by atoms with Gasteiger partial charge < -0.3 is 4.74 Å². The van der Waals surface area contributed by atoms with Gasteiger partial charge in [-0.15, -0.1) is 0 Å². The number of carbonyl (C=O) groups excluding carboxylic acids is 1. The number of ether oxygens (including phenoxy) is 1. The number of amides is 1. The third-order valence-corrected chi connectivity index (χ3v) is 0.376. The Morgan fingerprint density at radius 2 is 2.57 bits per heavy atom. The molecule has 0 spiro atoms. The first kappa shape index (κ1) is 6.01. The Balaban J connectivity index is 3.17. The summed E-state index contributed by atoms with van der Waals surface area (Å²) in [5.74, 6) is 0. The Hall–Kier alpha value is -0.990. The van der Waals surface area contributed by atoms with Crippen LogP contribution in [0.1, 0.15) is 0 Å². The molecule has 39 valence electrons. The molecular formula is C4H6NO2. The van der Waals surface area contributed by atoms with Gasteiger partial charge in [0.2, 0.25) is 0 Å². The highest BCUT2D eigenvalue weighted by Crippen LogP contribution is 1.65. The molecule has 0 aromatic heterocycles. The molecule has 1 amide bonds. The molecule has 1 radical (unpaired) electrons. The summed E-state index contributed by atoms with van der Waals surface area (Å²) in [6, 6.07) is 0. The highest BCUT2D eigenvalue weighted by molar-refractivity contribution is 5.67. The molecule has 0 aromatic rings. The molecule has 0 saturated carbocycles. The predicted molar refractivity (Wildman–Crippen MR) is 24.4 cm³/mol. The van der Waals surface area contributed by atoms with Crippen molar-refractivity contribution in [1.29, 1.82) is 0 Å². The van der Waals surface area contributed by atoms with Gasteiger partial charge in [-0.25, -0.2) is 4.79 Å². The van der Waals surface area contributed by atoms with Crippen LogP contribution in [0, 0.1) is 6.20 Å². The summed E-state index contributed by atoms with van der Waals surface area (Å²) in [6.45, 7) is 3.11. The van der Waals surface area contributed by atoms with Crippen LogP contribution in [0.15, 0.2) is 6.58 Å². The summed E-state index contributed by atoms with van der Waals surface area (Å²) < 4.78 is 4.14. The minimum atomic E-state index is -0.546. The van der Waals surface area contributed by atoms with Gasteiger partial charge in [-0.2, -0.15) is 0 Å². The van der Waals surface area contributed by atoms with E-state index in [0.29, 0.717) is 0 Å². The normalized spacial score (nSPS) is 7.00. The smallest absolute Gasteiger partial charge is 0.411 e. The van der Waals surface area contributed by atoms with Crippen LogP contribution >= 0.6 is 0 Å². The Morgan fingerprint density at radius 3 is 2.71 bits per heavy atom. The van der Waals surface area contributed by atoms with E-state index in [9.17, 15) is 4.79 Å². The molecule has 1 N–H and O–H groups in total. The minimum Gasteiger partial charge on any atom is -0.453 e. The van der Waals surface area contributed by atoms with Crippen molar-refractivity contribution in [2.75, 3.05) is 7.11 Å². The van der Waals surface area contributed by atoms with Crippen molar-refractivity contribution in [3.63, 3.8) is 0 Å². The zero-order valence-electron chi connectivity index (χ0n) is 4.02. The quantitative estimate of drug-likeness (QED) is 0.481. The van der Waals surface area contributed by atoms with Gasteiger partial charge in [-0.05, 0) is 0 Å². The molecule has 0 rings (SSSR count). The first-order chi connectivity index (χ1) is 3.31. The van der Waals surface area contributed by atoms with Crippen molar-refractivity contribution in [3.8, 4) is 0 Å². The van der Waals surface area contributed by atoms with Crippen molar-refractivity contribution in [3.05, 3.63) is 12.8 Å². The van der Waals surface area contributed by atoms with Crippen LogP contribution < -0.4 is 5.32 Å². The average Bonchev–Trinajstić information content (AvgIpc) is 1.68. The highest BCUT2D eigenvalue weighted by atomic mass is 16.5. The predicted octanol–water partition coefficient (Wildman–Crippen LogP) is 0.289. The molecule has 0 aromatic carbocycles. The summed E-state index contributed by atoms with van der Waals surface area (Å²) in [5, 5.41) is 2.07. The maximum absolute atomic E-state index is 9.98. The number of rotatable bonds is 1. The first-order valence-electron chi connectivity index (χ1n) is 1.67. The number of methoxy groups -OCH3 is 1. The second-order valence-corrected chi connectivity index (χ2v) is 0.793. The Labute approximate surface area is 42.0 Å². The monoisotopic (exact) mass is 100 g/mol. The number of nitrogens with one attached hydrogen (secondary N) is 1. The van der Waals surface area contributed by atoms with Crippen molar-refractivity contribution in [2.24, 2.45) is 0 Å². The van der Waals surface area contributed by atoms with Crippen LogP contribution in [0.25, 0.3) is 0 Å². The van der Waals surface area contributed by atoms with Crippen molar-refractivity contribution < 1.29 is 9.53 Å². The van der Waals surface area contributed by atoms with Gasteiger partial charge in [0.05, 0.1) is 13.3 Å². The molecular weight excluding hydrogens is 94.0 g/mol. The Kier molecular flexibility index (Phi) is 2.76. The molecule has 0 saturated heterocycles. The Bertz CT molecular complexity index is 79.8. The van der Waals surface area contributed by atoms with Gasteiger partial charge in [-0.1, -0.05) is 6.58 Å². The number of alkyl carbamates (subject to hydrolysis) is 1. The molecule has 7 heavy (non-hydrogen) atoms. The first-order valence-corrected chi connectivity index (χ1v) is 1.67. The number of hydrogen-bond donors (Lipinski definition) is 1. The molecule has 0 aliphatic rings. The highest BCUT2D eigenvalue weighted by Gasteiger charge is 1.88. The van der Waals surface area contributed by atoms with Crippen LogP contribution in [0.4, 0.5) is 4.79 Å². The summed E-state index contributed by atoms with van der Waals surface area (Å²) >= 11 is 0. The molecule has 0 fully saturated rings. The maximum atomic E-state index is 9.98. The molecule has 0 bridgehead atoms. The fourth-order valence-electron chi connectivity index (χ4n) is 0.123. The van der Waals surface area contributed by atoms with Gasteiger partial charge in [-0.3, -0.25) is 5.32 Å². The van der Waals surface area contributed by atoms with E-state index in [1.807, 2.05) is 0 Å². The lowest BCUT2D eigenvalue weighted by atomic mass is 10.9. The van der Waals surface area contributed by atoms with Gasteiger partial charge in [0, 0.05) is 0 Å². The van der Waals surface area contributed by atoms with Crippen molar-refractivity contribution in [1.82, 2.24) is 5.32 Å². The summed E-state index contributed by atoms with van der Waals surface area (Å²) in [7, 11) is 1.27. The fraction of sp³-hybridized carbons (Fsp3) is 0.250. The van der Waals surface area contributed by atoms with Crippen molar-refractivity contribution in [2.45, 2.75) is 0 Å². The van der Waals surface area contributed by atoms with Gasteiger partial charge >= 0.3 is 6.09 Å². The van der Waals surface area contributed by atoms with Crippen LogP contribution in [0.5, 0.6) is 0 Å². The molecule has 0 heterocycles. The van der Waals surface area contributed by atoms with Gasteiger partial charge in [0.25, 0.3) is 0 Å². The van der Waals surface area contributed by atoms with E-state index in [1.165, 1.54) is 7.11 Å². The third kappa shape index (κ3) is 2.82. The minimum absolute atomic E-state index is 0.546. The fourth-order valence-corrected chi connectivity index (χ4v) is 0.123. The third-order valence-electron chi connectivity index (χ3n) is 0.376. The van der Waals surface area contributed by atoms with E-state index < -0.39 is 6.09 Å². The van der Waals surface area contributed by atoms with Crippen LogP contribution in [-0.4, -0.2) is 13.2 Å². The van der Waals surface area contributed by atoms with E-state index >= 15 is 0 Å². The second-order valence-electron chi connectivity index (χ2n) is 0.793. The van der Waals surface area contributed by atoms with Crippen LogP contribution in [0.2, 0.25) is 0 Å². The second kappa shape index (κ2) is 3.21. The molecule has 0 aliphatic carbocycles. The summed E-state index contributed by atoms with van der Waals surface area (Å²) in [5.41, 5.74) is 0. The largest absolute Gasteiger partial charge is 0.453 e.